The molecule has 0 aliphatic carbocycles. The van der Waals surface area contributed by atoms with E-state index in [0.29, 0.717) is 32.7 Å². The molecule has 3 nitrogen and oxygen atoms in total. The highest BCUT2D eigenvalue weighted by Crippen LogP contribution is 2.28. The summed E-state index contributed by atoms with van der Waals surface area (Å²) < 4.78 is 0.268. The third-order valence-corrected chi connectivity index (χ3v) is 3.49. The van der Waals surface area contributed by atoms with Crippen LogP contribution in [0.15, 0.2) is 18.2 Å². The Morgan fingerprint density at radius 2 is 2.05 bits per heavy atom. The number of ketones is 1. The summed E-state index contributed by atoms with van der Waals surface area (Å²) in [7, 11) is 0. The Labute approximate surface area is 125 Å². The van der Waals surface area contributed by atoms with E-state index in [-0.39, 0.29) is 10.4 Å². The van der Waals surface area contributed by atoms with E-state index in [1.54, 1.807) is 25.1 Å². The molecule has 0 saturated heterocycles. The first kappa shape index (κ1) is 14.2. The number of carbonyl (C=O) groups is 1. The summed E-state index contributed by atoms with van der Waals surface area (Å²) in [6, 6.07) is 5.10. The van der Waals surface area contributed by atoms with Crippen molar-refractivity contribution in [3.05, 3.63) is 44.1 Å². The molecule has 0 saturated carbocycles. The molecule has 0 spiro atoms. The van der Waals surface area contributed by atoms with Crippen molar-refractivity contribution in [2.75, 3.05) is 0 Å². The minimum atomic E-state index is -0.111. The van der Waals surface area contributed by atoms with Gasteiger partial charge in [0, 0.05) is 16.3 Å². The summed E-state index contributed by atoms with van der Waals surface area (Å²) in [5.74, 6) is 0.411. The zero-order valence-corrected chi connectivity index (χ0v) is 12.6. The van der Waals surface area contributed by atoms with Crippen LogP contribution >= 0.6 is 35.4 Å². The number of nitrogens with one attached hydrogen (secondary N) is 1. The van der Waals surface area contributed by atoms with Gasteiger partial charge in [-0.2, -0.15) is 0 Å². The summed E-state index contributed by atoms with van der Waals surface area (Å²) in [5, 5.41) is 1.02. The van der Waals surface area contributed by atoms with Crippen molar-refractivity contribution in [3.63, 3.8) is 0 Å². The molecule has 1 aromatic heterocycles. The molecule has 0 amide bonds. The van der Waals surface area contributed by atoms with Gasteiger partial charge in [-0.1, -0.05) is 35.4 Å². The first-order valence-electron chi connectivity index (χ1n) is 5.47. The molecule has 0 aliphatic rings. The van der Waals surface area contributed by atoms with Gasteiger partial charge >= 0.3 is 0 Å². The quantitative estimate of drug-likeness (QED) is 0.650. The molecule has 0 atom stereocenters. The van der Waals surface area contributed by atoms with Crippen LogP contribution in [-0.4, -0.2) is 15.8 Å². The molecule has 2 rings (SSSR count). The van der Waals surface area contributed by atoms with E-state index >= 15 is 0 Å². The zero-order chi connectivity index (χ0) is 14.2. The number of rotatable bonds is 2. The first-order chi connectivity index (χ1) is 8.90. The molecule has 0 radical (unpaired) electrons. The van der Waals surface area contributed by atoms with Gasteiger partial charge in [0.2, 0.25) is 0 Å². The van der Waals surface area contributed by atoms with E-state index in [2.05, 4.69) is 9.97 Å². The predicted molar refractivity (Wildman–Crippen MR) is 79.6 cm³/mol. The average Bonchev–Trinajstić information content (AvgIpc) is 2.26. The number of aromatic nitrogens is 2. The number of hydrogen-bond donors (Lipinski definition) is 1. The Balaban J connectivity index is 2.65. The molecule has 19 heavy (non-hydrogen) atoms. The van der Waals surface area contributed by atoms with Crippen LogP contribution in [0, 0.1) is 11.6 Å². The van der Waals surface area contributed by atoms with Crippen molar-refractivity contribution >= 4 is 41.2 Å². The van der Waals surface area contributed by atoms with E-state index in [0.717, 1.165) is 0 Å². The number of H-pyrrole nitrogens is 1. The summed E-state index contributed by atoms with van der Waals surface area (Å²) in [6.45, 7) is 3.24. The van der Waals surface area contributed by atoms with Gasteiger partial charge in [0.15, 0.2) is 5.78 Å². The number of carbonyl (C=O) groups excluding carboxylic acids is 1. The second-order valence-electron chi connectivity index (χ2n) is 4.07. The molecule has 0 aliphatic heterocycles. The van der Waals surface area contributed by atoms with Crippen molar-refractivity contribution in [2.45, 2.75) is 13.8 Å². The lowest BCUT2D eigenvalue weighted by Gasteiger charge is -2.08. The normalized spacial score (nSPS) is 10.5. The number of aromatic amines is 1. The molecule has 1 heterocycles. The van der Waals surface area contributed by atoms with Gasteiger partial charge in [-0.3, -0.25) is 4.79 Å². The van der Waals surface area contributed by atoms with Crippen LogP contribution in [0.3, 0.4) is 0 Å². The highest BCUT2D eigenvalue weighted by Gasteiger charge is 2.12. The van der Waals surface area contributed by atoms with Crippen LogP contribution in [0.2, 0.25) is 10.0 Å². The summed E-state index contributed by atoms with van der Waals surface area (Å²) in [4.78, 5) is 18.8. The minimum Gasteiger partial charge on any atom is -0.343 e. The first-order valence-corrected chi connectivity index (χ1v) is 6.64. The molecule has 0 fully saturated rings. The van der Waals surface area contributed by atoms with Gasteiger partial charge in [0.1, 0.15) is 10.5 Å². The predicted octanol–water partition coefficient (Wildman–Crippen LogP) is 4.62. The number of halogens is 2. The number of nitrogens with zero attached hydrogens (tertiary/aromatic N) is 1. The highest BCUT2D eigenvalue weighted by atomic mass is 35.5. The zero-order valence-electron chi connectivity index (χ0n) is 10.3. The summed E-state index contributed by atoms with van der Waals surface area (Å²) in [5.41, 5.74) is 1.80. The number of aryl methyl sites for hydroxylation is 1. The molecule has 1 aromatic carbocycles. The maximum Gasteiger partial charge on any atom is 0.164 e. The fourth-order valence-corrected chi connectivity index (χ4v) is 2.70. The number of benzene rings is 1. The Morgan fingerprint density at radius 3 is 2.58 bits per heavy atom. The van der Waals surface area contributed by atoms with E-state index in [4.69, 9.17) is 35.4 Å². The SMILES string of the molecule is CC(=O)c1c(C)[nH]c(-c2ccc(Cl)cc2Cl)nc1=S. The van der Waals surface area contributed by atoms with Gasteiger partial charge < -0.3 is 4.98 Å². The lowest BCUT2D eigenvalue weighted by atomic mass is 10.1. The van der Waals surface area contributed by atoms with Gasteiger partial charge in [-0.25, -0.2) is 4.98 Å². The third-order valence-electron chi connectivity index (χ3n) is 2.65. The standard InChI is InChI=1S/C13H10Cl2N2OS/c1-6-11(7(2)18)13(19)17-12(16-6)9-4-3-8(14)5-10(9)15/h3-5H,1-2H3,(H,16,17,19). The van der Waals surface area contributed by atoms with Crippen LogP contribution in [-0.2, 0) is 0 Å². The second kappa shape index (κ2) is 5.41. The van der Waals surface area contributed by atoms with Crippen molar-refractivity contribution < 1.29 is 4.79 Å². The van der Waals surface area contributed by atoms with E-state index in [9.17, 15) is 4.79 Å². The summed E-state index contributed by atoms with van der Waals surface area (Å²) in [6.07, 6.45) is 0. The van der Waals surface area contributed by atoms with Crippen LogP contribution < -0.4 is 0 Å². The van der Waals surface area contributed by atoms with Gasteiger partial charge in [-0.15, -0.1) is 0 Å². The molecular weight excluding hydrogens is 303 g/mol. The molecular formula is C13H10Cl2N2OS. The van der Waals surface area contributed by atoms with Gasteiger partial charge in [0.25, 0.3) is 0 Å². The molecule has 2 aromatic rings. The molecule has 0 bridgehead atoms. The minimum absolute atomic E-state index is 0.111. The average molecular weight is 313 g/mol. The van der Waals surface area contributed by atoms with E-state index in [1.165, 1.54) is 6.92 Å². The topological polar surface area (TPSA) is 45.8 Å². The maximum atomic E-state index is 11.5. The smallest absolute Gasteiger partial charge is 0.164 e. The molecule has 0 unspecified atom stereocenters. The lowest BCUT2D eigenvalue weighted by Crippen LogP contribution is -2.04. The fraction of sp³-hybridized carbons (Fsp3) is 0.154. The monoisotopic (exact) mass is 312 g/mol. The Kier molecular flexibility index (Phi) is 4.04. The Bertz CT molecular complexity index is 725. The molecule has 98 valence electrons. The Morgan fingerprint density at radius 1 is 1.37 bits per heavy atom. The lowest BCUT2D eigenvalue weighted by molar-refractivity contribution is 0.101. The number of Topliss-reactive ketones (excluding diaryl/α,β-unsaturated/α-hetero) is 1. The van der Waals surface area contributed by atoms with Crippen LogP contribution in [0.25, 0.3) is 11.4 Å². The van der Waals surface area contributed by atoms with Crippen molar-refractivity contribution in [3.8, 4) is 11.4 Å². The highest BCUT2D eigenvalue weighted by molar-refractivity contribution is 7.71. The molecule has 6 heteroatoms. The second-order valence-corrected chi connectivity index (χ2v) is 5.30. The molecule has 1 N–H and O–H groups in total. The fourth-order valence-electron chi connectivity index (χ4n) is 1.81. The van der Waals surface area contributed by atoms with E-state index < -0.39 is 0 Å². The Hall–Kier alpha value is -1.23. The maximum absolute atomic E-state index is 11.5. The third kappa shape index (κ3) is 2.86. The van der Waals surface area contributed by atoms with Gasteiger partial charge in [-0.05, 0) is 32.0 Å². The largest absolute Gasteiger partial charge is 0.343 e. The van der Waals surface area contributed by atoms with Gasteiger partial charge in [0.05, 0.1) is 10.6 Å². The van der Waals surface area contributed by atoms with Crippen molar-refractivity contribution in [1.29, 1.82) is 0 Å². The summed E-state index contributed by atoms with van der Waals surface area (Å²) >= 11 is 17.1. The van der Waals surface area contributed by atoms with Crippen molar-refractivity contribution in [2.24, 2.45) is 0 Å². The van der Waals surface area contributed by atoms with E-state index in [1.807, 2.05) is 0 Å². The van der Waals surface area contributed by atoms with Crippen molar-refractivity contribution in [1.82, 2.24) is 9.97 Å². The van der Waals surface area contributed by atoms with Crippen LogP contribution in [0.1, 0.15) is 23.0 Å². The van der Waals surface area contributed by atoms with Crippen LogP contribution in [0.5, 0.6) is 0 Å². The van der Waals surface area contributed by atoms with Crippen LogP contribution in [0.4, 0.5) is 0 Å². The number of hydrogen-bond acceptors (Lipinski definition) is 3.